The average molecular weight is 336 g/mol. The van der Waals surface area contributed by atoms with Gasteiger partial charge in [0.25, 0.3) is 11.6 Å². The van der Waals surface area contributed by atoms with E-state index in [-0.39, 0.29) is 16.3 Å². The van der Waals surface area contributed by atoms with E-state index in [9.17, 15) is 30.1 Å². The lowest BCUT2D eigenvalue weighted by atomic mass is 10.1. The number of phenolic OH excluding ortho intramolecular Hbond substituents is 1. The zero-order valence-electron chi connectivity index (χ0n) is 11.2. The van der Waals surface area contributed by atoms with Crippen LogP contribution in [0.5, 0.6) is 5.75 Å². The largest absolute Gasteiger partial charge is 0.507 e. The van der Waals surface area contributed by atoms with E-state index in [1.54, 1.807) is 0 Å². The lowest BCUT2D eigenvalue weighted by Gasteiger charge is -2.02. The minimum absolute atomic E-state index is 0.0749. The van der Waals surface area contributed by atoms with Gasteiger partial charge in [-0.1, -0.05) is 11.3 Å². The van der Waals surface area contributed by atoms with Gasteiger partial charge in [-0.15, -0.1) is 0 Å². The van der Waals surface area contributed by atoms with Gasteiger partial charge in [0.2, 0.25) is 0 Å². The Morgan fingerprint density at radius 3 is 2.57 bits per heavy atom. The first-order chi connectivity index (χ1) is 10.9. The van der Waals surface area contributed by atoms with Gasteiger partial charge in [-0.2, -0.15) is 5.10 Å². The Hall–Kier alpha value is -3.34. The molecule has 10 nitrogen and oxygen atoms in total. The SMILES string of the molecule is O=C(N/N=C\c1ccc([N+](=O)[O-])s1)c1cc([N+](=O)[O-])ccc1O. The van der Waals surface area contributed by atoms with E-state index < -0.39 is 21.5 Å². The molecule has 23 heavy (non-hydrogen) atoms. The van der Waals surface area contributed by atoms with Gasteiger partial charge < -0.3 is 5.11 Å². The fourth-order valence-electron chi connectivity index (χ4n) is 1.54. The van der Waals surface area contributed by atoms with Crippen molar-refractivity contribution in [2.45, 2.75) is 0 Å². The Morgan fingerprint density at radius 1 is 1.22 bits per heavy atom. The number of thiophene rings is 1. The van der Waals surface area contributed by atoms with Crippen LogP contribution in [0.15, 0.2) is 35.4 Å². The molecule has 118 valence electrons. The maximum Gasteiger partial charge on any atom is 0.324 e. The molecule has 0 fully saturated rings. The van der Waals surface area contributed by atoms with Gasteiger partial charge in [0.1, 0.15) is 5.75 Å². The molecule has 1 aromatic heterocycles. The van der Waals surface area contributed by atoms with E-state index in [0.29, 0.717) is 4.88 Å². The van der Waals surface area contributed by atoms with E-state index in [1.165, 1.54) is 18.3 Å². The van der Waals surface area contributed by atoms with Crippen LogP contribution in [-0.4, -0.2) is 27.1 Å². The van der Waals surface area contributed by atoms with Crippen molar-refractivity contribution in [2.75, 3.05) is 0 Å². The van der Waals surface area contributed by atoms with Crippen LogP contribution in [0, 0.1) is 20.2 Å². The number of nitrogens with zero attached hydrogens (tertiary/aromatic N) is 3. The standard InChI is InChI=1S/C12H8N4O6S/c17-10-3-1-7(15(19)20)5-9(10)12(18)14-13-6-8-2-4-11(23-8)16(21)22/h1-6,17H,(H,14,18)/b13-6-. The van der Waals surface area contributed by atoms with Crippen LogP contribution in [0.3, 0.4) is 0 Å². The summed E-state index contributed by atoms with van der Waals surface area (Å²) in [7, 11) is 0. The minimum Gasteiger partial charge on any atom is -0.507 e. The average Bonchev–Trinajstić information content (AvgIpc) is 2.96. The highest BCUT2D eigenvalue weighted by Gasteiger charge is 2.16. The van der Waals surface area contributed by atoms with Gasteiger partial charge in [-0.05, 0) is 12.1 Å². The highest BCUT2D eigenvalue weighted by molar-refractivity contribution is 7.16. The molecule has 2 rings (SSSR count). The zero-order valence-corrected chi connectivity index (χ0v) is 12.0. The number of nitro groups is 2. The van der Waals surface area contributed by atoms with Crippen LogP contribution in [0.4, 0.5) is 10.7 Å². The molecular weight excluding hydrogens is 328 g/mol. The van der Waals surface area contributed by atoms with E-state index in [1.807, 2.05) is 0 Å². The van der Waals surface area contributed by atoms with E-state index in [0.717, 1.165) is 29.5 Å². The molecule has 0 aliphatic rings. The summed E-state index contributed by atoms with van der Waals surface area (Å²) in [6.07, 6.45) is 1.18. The fourth-order valence-corrected chi connectivity index (χ4v) is 2.24. The Labute approximate surface area is 132 Å². The first-order valence-corrected chi connectivity index (χ1v) is 6.75. The maximum atomic E-state index is 11.8. The Kier molecular flexibility index (Phi) is 4.61. The normalized spacial score (nSPS) is 10.6. The van der Waals surface area contributed by atoms with Crippen molar-refractivity contribution in [2.24, 2.45) is 5.10 Å². The number of aromatic hydroxyl groups is 1. The second kappa shape index (κ2) is 6.62. The number of hydrogen-bond donors (Lipinski definition) is 2. The van der Waals surface area contributed by atoms with Gasteiger partial charge in [-0.3, -0.25) is 25.0 Å². The van der Waals surface area contributed by atoms with Crippen molar-refractivity contribution in [3.63, 3.8) is 0 Å². The summed E-state index contributed by atoms with van der Waals surface area (Å²) in [5.74, 6) is -1.29. The number of carbonyl (C=O) groups excluding carboxylic acids is 1. The highest BCUT2D eigenvalue weighted by atomic mass is 32.1. The smallest absolute Gasteiger partial charge is 0.324 e. The molecule has 0 atom stereocenters. The molecule has 0 aliphatic carbocycles. The van der Waals surface area contributed by atoms with Crippen molar-refractivity contribution in [3.8, 4) is 5.75 Å². The van der Waals surface area contributed by atoms with Crippen molar-refractivity contribution in [1.82, 2.24) is 5.43 Å². The Morgan fingerprint density at radius 2 is 1.96 bits per heavy atom. The maximum absolute atomic E-state index is 11.8. The molecule has 1 heterocycles. The molecule has 0 radical (unpaired) electrons. The fraction of sp³-hybridized carbons (Fsp3) is 0. The van der Waals surface area contributed by atoms with Gasteiger partial charge in [0.05, 0.1) is 26.5 Å². The van der Waals surface area contributed by atoms with Gasteiger partial charge in [0.15, 0.2) is 0 Å². The quantitative estimate of drug-likeness (QED) is 0.485. The number of benzene rings is 1. The Bertz CT molecular complexity index is 816. The molecular formula is C12H8N4O6S. The van der Waals surface area contributed by atoms with Crippen molar-refractivity contribution < 1.29 is 19.7 Å². The van der Waals surface area contributed by atoms with Crippen LogP contribution in [0.25, 0.3) is 0 Å². The minimum atomic E-state index is -0.853. The predicted molar refractivity (Wildman–Crippen MR) is 80.8 cm³/mol. The third kappa shape index (κ3) is 3.85. The molecule has 11 heteroatoms. The molecule has 0 saturated carbocycles. The number of nitro benzene ring substituents is 1. The molecule has 1 aromatic carbocycles. The highest BCUT2D eigenvalue weighted by Crippen LogP contribution is 2.23. The molecule has 2 N–H and O–H groups in total. The van der Waals surface area contributed by atoms with Gasteiger partial charge >= 0.3 is 5.00 Å². The van der Waals surface area contributed by atoms with Crippen LogP contribution in [-0.2, 0) is 0 Å². The molecule has 0 aliphatic heterocycles. The van der Waals surface area contributed by atoms with Crippen LogP contribution < -0.4 is 5.43 Å². The molecule has 0 unspecified atom stereocenters. The number of hydrazone groups is 1. The molecule has 1 amide bonds. The van der Waals surface area contributed by atoms with Crippen LogP contribution >= 0.6 is 11.3 Å². The Balaban J connectivity index is 2.09. The van der Waals surface area contributed by atoms with Gasteiger partial charge in [0, 0.05) is 18.2 Å². The summed E-state index contributed by atoms with van der Waals surface area (Å²) in [5.41, 5.74) is 1.41. The first-order valence-electron chi connectivity index (χ1n) is 5.93. The van der Waals surface area contributed by atoms with Crippen LogP contribution in [0.2, 0.25) is 0 Å². The molecule has 2 aromatic rings. The summed E-state index contributed by atoms with van der Waals surface area (Å²) < 4.78 is 0. The topological polar surface area (TPSA) is 148 Å². The number of non-ortho nitro benzene ring substituents is 1. The second-order valence-corrected chi connectivity index (χ2v) is 5.18. The molecule has 0 bridgehead atoms. The predicted octanol–water partition coefficient (Wildman–Crippen LogP) is 2.03. The summed E-state index contributed by atoms with van der Waals surface area (Å²) in [5, 5.41) is 34.3. The second-order valence-electron chi connectivity index (χ2n) is 4.09. The van der Waals surface area contributed by atoms with E-state index >= 15 is 0 Å². The first kappa shape index (κ1) is 16.0. The van der Waals surface area contributed by atoms with E-state index in [2.05, 4.69) is 10.5 Å². The van der Waals surface area contributed by atoms with Gasteiger partial charge in [-0.25, -0.2) is 5.43 Å². The monoisotopic (exact) mass is 336 g/mol. The third-order valence-corrected chi connectivity index (χ3v) is 3.56. The number of rotatable bonds is 5. The van der Waals surface area contributed by atoms with Crippen LogP contribution in [0.1, 0.15) is 15.2 Å². The summed E-state index contributed by atoms with van der Waals surface area (Å²) in [6.45, 7) is 0. The molecule has 0 saturated heterocycles. The third-order valence-electron chi connectivity index (χ3n) is 2.59. The summed E-state index contributed by atoms with van der Waals surface area (Å²) in [6, 6.07) is 5.74. The van der Waals surface area contributed by atoms with Crippen molar-refractivity contribution in [3.05, 3.63) is 61.0 Å². The van der Waals surface area contributed by atoms with E-state index in [4.69, 9.17) is 0 Å². The number of carbonyl (C=O) groups is 1. The lowest BCUT2D eigenvalue weighted by molar-refractivity contribution is -0.384. The van der Waals surface area contributed by atoms with Crippen molar-refractivity contribution in [1.29, 1.82) is 0 Å². The number of phenols is 1. The zero-order chi connectivity index (χ0) is 17.0. The number of nitrogens with one attached hydrogen (secondary N) is 1. The van der Waals surface area contributed by atoms with Crippen molar-refractivity contribution >= 4 is 34.1 Å². The number of hydrogen-bond acceptors (Lipinski definition) is 8. The summed E-state index contributed by atoms with van der Waals surface area (Å²) in [4.78, 5) is 32.2. The molecule has 0 spiro atoms. The lowest BCUT2D eigenvalue weighted by Crippen LogP contribution is -2.17. The number of amides is 1. The summed E-state index contributed by atoms with van der Waals surface area (Å²) >= 11 is 0.860.